The van der Waals surface area contributed by atoms with E-state index in [2.05, 4.69) is 9.84 Å². The molecule has 0 saturated carbocycles. The van der Waals surface area contributed by atoms with E-state index in [1.165, 1.54) is 10.7 Å². The predicted molar refractivity (Wildman–Crippen MR) is 66.5 cm³/mol. The van der Waals surface area contributed by atoms with Crippen LogP contribution in [0, 0.1) is 0 Å². The molecule has 1 aromatic carbocycles. The number of ether oxygens (including phenoxy) is 2. The smallest absolute Gasteiger partial charge is 0.388 e. The first kappa shape index (κ1) is 13.3. The highest BCUT2D eigenvalue weighted by Crippen LogP contribution is 2.26. The summed E-state index contributed by atoms with van der Waals surface area (Å²) in [4.78, 5) is 0. The monoisotopic (exact) mass is 268 g/mol. The second-order valence-corrected chi connectivity index (χ2v) is 3.79. The fraction of sp³-hybridized carbons (Fsp3) is 0.308. The van der Waals surface area contributed by atoms with Crippen LogP contribution < -0.4 is 9.47 Å². The molecular weight excluding hydrogens is 254 g/mol. The van der Waals surface area contributed by atoms with E-state index >= 15 is 0 Å². The Hall–Kier alpha value is -2.11. The summed E-state index contributed by atoms with van der Waals surface area (Å²) in [6, 6.07) is 8.69. The first-order valence-electron chi connectivity index (χ1n) is 5.81. The van der Waals surface area contributed by atoms with E-state index in [4.69, 9.17) is 4.74 Å². The summed E-state index contributed by atoms with van der Waals surface area (Å²) in [5.41, 5.74) is 1.40. The lowest BCUT2D eigenvalue weighted by atomic mass is 10.1. The Morgan fingerprint density at radius 3 is 2.47 bits per heavy atom. The van der Waals surface area contributed by atoms with Crippen LogP contribution in [0.15, 0.2) is 30.3 Å². The Bertz CT molecular complexity index is 538. The molecule has 2 rings (SSSR count). The second kappa shape index (κ2) is 5.69. The summed E-state index contributed by atoms with van der Waals surface area (Å²) in [6.07, 6.45) is 0. The molecule has 0 aliphatic heterocycles. The molecule has 102 valence electrons. The van der Waals surface area contributed by atoms with Crippen LogP contribution in [0.2, 0.25) is 0 Å². The topological polar surface area (TPSA) is 36.3 Å². The minimum atomic E-state index is -2.86. The number of rotatable bonds is 5. The number of alkyl halides is 2. The van der Waals surface area contributed by atoms with Crippen molar-refractivity contribution >= 4 is 0 Å². The van der Waals surface area contributed by atoms with E-state index in [0.717, 1.165) is 11.3 Å². The Morgan fingerprint density at radius 1 is 1.26 bits per heavy atom. The molecule has 4 nitrogen and oxygen atoms in total. The molecule has 0 spiro atoms. The van der Waals surface area contributed by atoms with Crippen LogP contribution in [0.25, 0.3) is 11.3 Å². The Labute approximate surface area is 109 Å². The minimum absolute atomic E-state index is 0.0586. The van der Waals surface area contributed by atoms with Crippen LogP contribution in [-0.2, 0) is 6.54 Å². The molecule has 0 aliphatic carbocycles. The molecule has 0 N–H and O–H groups in total. The predicted octanol–water partition coefficient (Wildman–Crippen LogP) is 3.18. The number of hydrogen-bond acceptors (Lipinski definition) is 3. The van der Waals surface area contributed by atoms with Gasteiger partial charge in [-0.3, -0.25) is 0 Å². The number of hydrogen-bond donors (Lipinski definition) is 0. The molecule has 6 heteroatoms. The third kappa shape index (κ3) is 3.01. The molecule has 0 bridgehead atoms. The Kier molecular flexibility index (Phi) is 3.99. The highest BCUT2D eigenvalue weighted by atomic mass is 19.3. The zero-order valence-corrected chi connectivity index (χ0v) is 10.6. The third-order valence-electron chi connectivity index (χ3n) is 2.64. The van der Waals surface area contributed by atoms with Gasteiger partial charge in [-0.25, -0.2) is 4.68 Å². The SMILES string of the molecule is CCn1nc(-c2ccc(OC)cc2)cc1OC(F)F. The summed E-state index contributed by atoms with van der Waals surface area (Å²) >= 11 is 0. The van der Waals surface area contributed by atoms with Crippen molar-refractivity contribution in [2.24, 2.45) is 0 Å². The van der Waals surface area contributed by atoms with Crippen molar-refractivity contribution in [2.75, 3.05) is 7.11 Å². The van der Waals surface area contributed by atoms with Gasteiger partial charge in [0.15, 0.2) is 0 Å². The molecule has 0 radical (unpaired) electrons. The number of aromatic nitrogens is 2. The summed E-state index contributed by atoms with van der Waals surface area (Å²) in [6.45, 7) is -0.591. The maximum Gasteiger partial charge on any atom is 0.388 e. The van der Waals surface area contributed by atoms with Crippen LogP contribution in [0.5, 0.6) is 11.6 Å². The molecule has 0 atom stereocenters. The third-order valence-corrected chi connectivity index (χ3v) is 2.64. The summed E-state index contributed by atoms with van der Waals surface area (Å²) in [5.74, 6) is 0.783. The van der Waals surface area contributed by atoms with E-state index in [-0.39, 0.29) is 5.88 Å². The van der Waals surface area contributed by atoms with Gasteiger partial charge in [-0.05, 0) is 31.2 Å². The lowest BCUT2D eigenvalue weighted by Gasteiger charge is -2.04. The normalized spacial score (nSPS) is 10.8. The van der Waals surface area contributed by atoms with Gasteiger partial charge in [0.1, 0.15) is 5.75 Å². The van der Waals surface area contributed by atoms with E-state index < -0.39 is 6.61 Å². The van der Waals surface area contributed by atoms with Gasteiger partial charge in [-0.15, -0.1) is 0 Å². The lowest BCUT2D eigenvalue weighted by molar-refractivity contribution is -0.0557. The first-order valence-corrected chi connectivity index (χ1v) is 5.81. The van der Waals surface area contributed by atoms with Crippen LogP contribution >= 0.6 is 0 Å². The molecule has 2 aromatic rings. The summed E-state index contributed by atoms with van der Waals surface area (Å²) < 4.78 is 35.4. The minimum Gasteiger partial charge on any atom is -0.497 e. The van der Waals surface area contributed by atoms with E-state index in [1.54, 1.807) is 19.2 Å². The average molecular weight is 268 g/mol. The number of methoxy groups -OCH3 is 1. The highest BCUT2D eigenvalue weighted by Gasteiger charge is 2.13. The number of aryl methyl sites for hydroxylation is 1. The second-order valence-electron chi connectivity index (χ2n) is 3.79. The molecule has 0 aliphatic rings. The molecular formula is C13H14F2N2O2. The molecule has 1 heterocycles. The quantitative estimate of drug-likeness (QED) is 0.835. The number of halogens is 2. The van der Waals surface area contributed by atoms with Gasteiger partial charge < -0.3 is 9.47 Å². The molecule has 1 aromatic heterocycles. The van der Waals surface area contributed by atoms with Crippen LogP contribution in [-0.4, -0.2) is 23.5 Å². The summed E-state index contributed by atoms with van der Waals surface area (Å²) in [5, 5.41) is 4.23. The van der Waals surface area contributed by atoms with Gasteiger partial charge in [0.2, 0.25) is 5.88 Å². The van der Waals surface area contributed by atoms with Crippen LogP contribution in [0.1, 0.15) is 6.92 Å². The zero-order valence-electron chi connectivity index (χ0n) is 10.6. The van der Waals surface area contributed by atoms with Crippen molar-refractivity contribution in [3.8, 4) is 22.9 Å². The van der Waals surface area contributed by atoms with Gasteiger partial charge in [-0.2, -0.15) is 13.9 Å². The van der Waals surface area contributed by atoms with Gasteiger partial charge >= 0.3 is 6.61 Å². The molecule has 0 fully saturated rings. The molecule has 0 saturated heterocycles. The molecule has 0 unspecified atom stereocenters. The average Bonchev–Trinajstić information content (AvgIpc) is 2.81. The first-order chi connectivity index (χ1) is 9.13. The van der Waals surface area contributed by atoms with Gasteiger partial charge in [0.05, 0.1) is 12.8 Å². The van der Waals surface area contributed by atoms with Crippen molar-refractivity contribution in [1.29, 1.82) is 0 Å². The van der Waals surface area contributed by atoms with Crippen molar-refractivity contribution in [3.63, 3.8) is 0 Å². The lowest BCUT2D eigenvalue weighted by Crippen LogP contribution is -2.07. The van der Waals surface area contributed by atoms with E-state index in [9.17, 15) is 8.78 Å². The van der Waals surface area contributed by atoms with Crippen LogP contribution in [0.3, 0.4) is 0 Å². The maximum atomic E-state index is 12.3. The zero-order chi connectivity index (χ0) is 13.8. The standard InChI is InChI=1S/C13H14F2N2O2/c1-3-17-12(19-13(14)15)8-11(16-17)9-4-6-10(18-2)7-5-9/h4-8,13H,3H2,1-2H3. The van der Waals surface area contributed by atoms with Crippen molar-refractivity contribution in [3.05, 3.63) is 30.3 Å². The van der Waals surface area contributed by atoms with Gasteiger partial charge in [0.25, 0.3) is 0 Å². The van der Waals surface area contributed by atoms with E-state index in [0.29, 0.717) is 12.2 Å². The van der Waals surface area contributed by atoms with Gasteiger partial charge in [0, 0.05) is 18.2 Å². The van der Waals surface area contributed by atoms with Crippen molar-refractivity contribution < 1.29 is 18.3 Å². The molecule has 0 amide bonds. The van der Waals surface area contributed by atoms with Crippen molar-refractivity contribution in [2.45, 2.75) is 20.1 Å². The highest BCUT2D eigenvalue weighted by molar-refractivity contribution is 5.61. The Morgan fingerprint density at radius 2 is 1.95 bits per heavy atom. The van der Waals surface area contributed by atoms with Gasteiger partial charge in [-0.1, -0.05) is 0 Å². The summed E-state index contributed by atoms with van der Waals surface area (Å²) in [7, 11) is 1.58. The number of nitrogens with zero attached hydrogens (tertiary/aromatic N) is 2. The fourth-order valence-corrected chi connectivity index (χ4v) is 1.72. The van der Waals surface area contributed by atoms with Crippen LogP contribution in [0.4, 0.5) is 8.78 Å². The fourth-order valence-electron chi connectivity index (χ4n) is 1.72. The van der Waals surface area contributed by atoms with E-state index in [1.807, 2.05) is 19.1 Å². The number of benzene rings is 1. The van der Waals surface area contributed by atoms with Crippen molar-refractivity contribution in [1.82, 2.24) is 9.78 Å². The Balaban J connectivity index is 2.31. The molecule has 19 heavy (non-hydrogen) atoms. The largest absolute Gasteiger partial charge is 0.497 e. The maximum absolute atomic E-state index is 12.3.